The molecule has 19 heavy (non-hydrogen) atoms. The standard InChI is InChI=1S/C15H22O4/c1-3-5-6-11(4-2)10-19-12-7-8-14(16)13(9-12)15(17)18/h7-9,11,16H,3-6,10H2,1-2H3,(H,17,18). The first-order valence-electron chi connectivity index (χ1n) is 6.77. The van der Waals surface area contributed by atoms with E-state index in [1.54, 1.807) is 6.07 Å². The normalized spacial score (nSPS) is 12.1. The molecule has 1 unspecified atom stereocenters. The van der Waals surface area contributed by atoms with Crippen molar-refractivity contribution in [3.05, 3.63) is 23.8 Å². The van der Waals surface area contributed by atoms with E-state index in [1.807, 2.05) is 0 Å². The molecule has 2 N–H and O–H groups in total. The van der Waals surface area contributed by atoms with E-state index in [-0.39, 0.29) is 11.3 Å². The molecule has 0 spiro atoms. The summed E-state index contributed by atoms with van der Waals surface area (Å²) in [6.07, 6.45) is 4.51. The fourth-order valence-electron chi connectivity index (χ4n) is 1.89. The lowest BCUT2D eigenvalue weighted by atomic mass is 10.0. The minimum Gasteiger partial charge on any atom is -0.507 e. The Morgan fingerprint density at radius 1 is 1.37 bits per heavy atom. The van der Waals surface area contributed by atoms with Gasteiger partial charge >= 0.3 is 5.97 Å². The highest BCUT2D eigenvalue weighted by molar-refractivity contribution is 5.91. The van der Waals surface area contributed by atoms with Gasteiger partial charge in [0.1, 0.15) is 17.1 Å². The maximum atomic E-state index is 10.9. The number of hydrogen-bond acceptors (Lipinski definition) is 3. The lowest BCUT2D eigenvalue weighted by Gasteiger charge is -2.16. The molecular formula is C15H22O4. The molecule has 0 aromatic heterocycles. The molecule has 106 valence electrons. The molecule has 1 aromatic carbocycles. The van der Waals surface area contributed by atoms with Crippen molar-refractivity contribution in [2.24, 2.45) is 5.92 Å². The van der Waals surface area contributed by atoms with Gasteiger partial charge in [0, 0.05) is 0 Å². The Hall–Kier alpha value is -1.71. The van der Waals surface area contributed by atoms with E-state index in [9.17, 15) is 9.90 Å². The van der Waals surface area contributed by atoms with E-state index in [0.29, 0.717) is 18.3 Å². The van der Waals surface area contributed by atoms with Crippen LogP contribution < -0.4 is 4.74 Å². The fraction of sp³-hybridized carbons (Fsp3) is 0.533. The van der Waals surface area contributed by atoms with Crippen LogP contribution in [0.2, 0.25) is 0 Å². The second-order valence-corrected chi connectivity index (χ2v) is 4.71. The van der Waals surface area contributed by atoms with Crippen molar-refractivity contribution in [2.75, 3.05) is 6.61 Å². The smallest absolute Gasteiger partial charge is 0.339 e. The van der Waals surface area contributed by atoms with Gasteiger partial charge < -0.3 is 14.9 Å². The number of aromatic carboxylic acids is 1. The highest BCUT2D eigenvalue weighted by Crippen LogP contribution is 2.24. The SMILES string of the molecule is CCCCC(CC)COc1ccc(O)c(C(=O)O)c1. The van der Waals surface area contributed by atoms with Crippen molar-refractivity contribution < 1.29 is 19.7 Å². The third-order valence-corrected chi connectivity index (χ3v) is 3.23. The summed E-state index contributed by atoms with van der Waals surface area (Å²) in [6.45, 7) is 4.87. The number of phenols is 1. The van der Waals surface area contributed by atoms with Crippen LogP contribution in [0.5, 0.6) is 11.5 Å². The summed E-state index contributed by atoms with van der Waals surface area (Å²) in [7, 11) is 0. The van der Waals surface area contributed by atoms with Crippen LogP contribution in [0.15, 0.2) is 18.2 Å². The summed E-state index contributed by atoms with van der Waals surface area (Å²) in [6, 6.07) is 4.31. The molecular weight excluding hydrogens is 244 g/mol. The van der Waals surface area contributed by atoms with Gasteiger partial charge in [0.25, 0.3) is 0 Å². The highest BCUT2D eigenvalue weighted by atomic mass is 16.5. The lowest BCUT2D eigenvalue weighted by molar-refractivity contribution is 0.0693. The second kappa shape index (κ2) is 7.67. The molecule has 1 rings (SSSR count). The molecule has 0 saturated carbocycles. The summed E-state index contributed by atoms with van der Waals surface area (Å²) < 4.78 is 5.63. The number of aromatic hydroxyl groups is 1. The highest BCUT2D eigenvalue weighted by Gasteiger charge is 2.12. The third-order valence-electron chi connectivity index (χ3n) is 3.23. The fourth-order valence-corrected chi connectivity index (χ4v) is 1.89. The first-order chi connectivity index (χ1) is 9.08. The van der Waals surface area contributed by atoms with Crippen molar-refractivity contribution in [1.29, 1.82) is 0 Å². The number of ether oxygens (including phenoxy) is 1. The number of carboxylic acid groups (broad SMARTS) is 1. The summed E-state index contributed by atoms with van der Waals surface area (Å²) >= 11 is 0. The van der Waals surface area contributed by atoms with Crippen LogP contribution in [0, 0.1) is 5.92 Å². The first kappa shape index (κ1) is 15.3. The van der Waals surface area contributed by atoms with E-state index in [4.69, 9.17) is 9.84 Å². The zero-order valence-corrected chi connectivity index (χ0v) is 11.6. The number of unbranched alkanes of at least 4 members (excludes halogenated alkanes) is 1. The topological polar surface area (TPSA) is 66.8 Å². The maximum absolute atomic E-state index is 10.9. The zero-order chi connectivity index (χ0) is 14.3. The quantitative estimate of drug-likeness (QED) is 0.753. The number of carboxylic acids is 1. The summed E-state index contributed by atoms with van der Waals surface area (Å²) in [5.41, 5.74) is -0.126. The number of hydrogen-bond donors (Lipinski definition) is 2. The van der Waals surface area contributed by atoms with Gasteiger partial charge in [-0.2, -0.15) is 0 Å². The molecule has 0 saturated heterocycles. The van der Waals surface area contributed by atoms with Gasteiger partial charge in [-0.05, 0) is 30.5 Å². The van der Waals surface area contributed by atoms with E-state index in [1.165, 1.54) is 25.0 Å². The van der Waals surface area contributed by atoms with Gasteiger partial charge in [0.2, 0.25) is 0 Å². The van der Waals surface area contributed by atoms with Crippen molar-refractivity contribution in [1.82, 2.24) is 0 Å². The summed E-state index contributed by atoms with van der Waals surface area (Å²) in [5, 5.41) is 18.3. The Morgan fingerprint density at radius 3 is 2.68 bits per heavy atom. The number of benzene rings is 1. The van der Waals surface area contributed by atoms with Crippen LogP contribution in [-0.4, -0.2) is 22.8 Å². The number of carbonyl (C=O) groups is 1. The van der Waals surface area contributed by atoms with E-state index in [2.05, 4.69) is 13.8 Å². The molecule has 0 heterocycles. The Bertz CT molecular complexity index is 415. The molecule has 1 aromatic rings. The lowest BCUT2D eigenvalue weighted by Crippen LogP contribution is -2.11. The Labute approximate surface area is 114 Å². The Balaban J connectivity index is 2.61. The molecule has 4 heteroatoms. The largest absolute Gasteiger partial charge is 0.507 e. The molecule has 0 aliphatic rings. The Kier molecular flexibility index (Phi) is 6.19. The van der Waals surface area contributed by atoms with Crippen LogP contribution in [0.25, 0.3) is 0 Å². The van der Waals surface area contributed by atoms with Crippen molar-refractivity contribution in [3.63, 3.8) is 0 Å². The van der Waals surface area contributed by atoms with Crippen LogP contribution in [-0.2, 0) is 0 Å². The van der Waals surface area contributed by atoms with Crippen LogP contribution in [0.4, 0.5) is 0 Å². The minimum atomic E-state index is -1.15. The van der Waals surface area contributed by atoms with Gasteiger partial charge in [-0.15, -0.1) is 0 Å². The van der Waals surface area contributed by atoms with Gasteiger partial charge in [-0.25, -0.2) is 4.79 Å². The van der Waals surface area contributed by atoms with Crippen molar-refractivity contribution in [3.8, 4) is 11.5 Å². The van der Waals surface area contributed by atoms with E-state index < -0.39 is 5.97 Å². The predicted molar refractivity (Wildman–Crippen MR) is 73.9 cm³/mol. The number of rotatable bonds is 8. The van der Waals surface area contributed by atoms with Gasteiger partial charge in [-0.1, -0.05) is 33.1 Å². The first-order valence-corrected chi connectivity index (χ1v) is 6.77. The molecule has 0 fully saturated rings. The molecule has 0 bridgehead atoms. The Morgan fingerprint density at radius 2 is 2.11 bits per heavy atom. The molecule has 1 atom stereocenters. The van der Waals surface area contributed by atoms with Crippen LogP contribution >= 0.6 is 0 Å². The molecule has 0 aliphatic carbocycles. The second-order valence-electron chi connectivity index (χ2n) is 4.71. The van der Waals surface area contributed by atoms with Gasteiger partial charge in [0.15, 0.2) is 0 Å². The average molecular weight is 266 g/mol. The van der Waals surface area contributed by atoms with Crippen LogP contribution in [0.3, 0.4) is 0 Å². The summed E-state index contributed by atoms with van der Waals surface area (Å²) in [5.74, 6) is -0.411. The van der Waals surface area contributed by atoms with Crippen molar-refractivity contribution in [2.45, 2.75) is 39.5 Å². The molecule has 0 radical (unpaired) electrons. The van der Waals surface area contributed by atoms with Crippen molar-refractivity contribution >= 4 is 5.97 Å². The van der Waals surface area contributed by atoms with Gasteiger partial charge in [-0.3, -0.25) is 0 Å². The minimum absolute atomic E-state index is 0.126. The molecule has 0 amide bonds. The predicted octanol–water partition coefficient (Wildman–Crippen LogP) is 3.69. The average Bonchev–Trinajstić information content (AvgIpc) is 2.40. The zero-order valence-electron chi connectivity index (χ0n) is 11.6. The van der Waals surface area contributed by atoms with E-state index >= 15 is 0 Å². The third kappa shape index (κ3) is 4.81. The van der Waals surface area contributed by atoms with Gasteiger partial charge in [0.05, 0.1) is 6.61 Å². The molecule has 0 aliphatic heterocycles. The van der Waals surface area contributed by atoms with Crippen LogP contribution in [0.1, 0.15) is 49.9 Å². The maximum Gasteiger partial charge on any atom is 0.339 e. The summed E-state index contributed by atoms with van der Waals surface area (Å²) in [4.78, 5) is 10.9. The monoisotopic (exact) mass is 266 g/mol. The van der Waals surface area contributed by atoms with E-state index in [0.717, 1.165) is 12.8 Å². The molecule has 4 nitrogen and oxygen atoms in total.